The third-order valence-corrected chi connectivity index (χ3v) is 11.3. The zero-order chi connectivity index (χ0) is 34.6. The number of nitrogens with zero attached hydrogens (tertiary/aromatic N) is 2. The molecule has 0 aromatic carbocycles. The summed E-state index contributed by atoms with van der Waals surface area (Å²) < 4.78 is 11.4. The summed E-state index contributed by atoms with van der Waals surface area (Å²) in [5.74, 6) is -1.73. The minimum Gasteiger partial charge on any atom is -0.479 e. The number of carboxylic acids is 1. The number of halogens is 1. The number of aliphatic carboxylic acids is 1. The molecule has 270 valence electrons. The van der Waals surface area contributed by atoms with Gasteiger partial charge in [0.2, 0.25) is 11.8 Å². The van der Waals surface area contributed by atoms with Gasteiger partial charge in [-0.2, -0.15) is 10.7 Å². The quantitative estimate of drug-likeness (QED) is 0.168. The molecule has 6 N–H and O–H groups in total. The molecule has 3 saturated heterocycles. The molecule has 3 aliphatic heterocycles. The molecule has 2 saturated carbocycles. The van der Waals surface area contributed by atoms with Crippen molar-refractivity contribution >= 4 is 39.8 Å². The van der Waals surface area contributed by atoms with Crippen LogP contribution in [-0.4, -0.2) is 98.5 Å². The molecule has 0 aromatic rings. The Bertz CT molecular complexity index is 1200. The molecular weight excluding hydrogens is 686 g/mol. The van der Waals surface area contributed by atoms with Crippen LogP contribution in [0.1, 0.15) is 97.8 Å². The highest BCUT2D eigenvalue weighted by Crippen LogP contribution is 2.47. The maximum Gasteiger partial charge on any atom is 0.408 e. The van der Waals surface area contributed by atoms with E-state index in [4.69, 9.17) is 9.47 Å². The molecule has 3 heterocycles. The second-order valence-corrected chi connectivity index (χ2v) is 16.3. The fraction of sp³-hybridized carbons (Fsp3) is 0.818. The van der Waals surface area contributed by atoms with Gasteiger partial charge in [0, 0.05) is 11.4 Å². The van der Waals surface area contributed by atoms with Crippen molar-refractivity contribution in [3.8, 4) is 0 Å². The van der Waals surface area contributed by atoms with E-state index in [9.17, 15) is 24.3 Å². The molecule has 15 heteroatoms. The maximum absolute atomic E-state index is 14.3. The van der Waals surface area contributed by atoms with E-state index in [1.54, 1.807) is 26.8 Å². The molecule has 5 fully saturated rings. The topological polar surface area (TPSA) is 174 Å². The van der Waals surface area contributed by atoms with E-state index >= 15 is 0 Å². The van der Waals surface area contributed by atoms with E-state index in [-0.39, 0.29) is 53.8 Å². The minimum atomic E-state index is -1.31. The summed E-state index contributed by atoms with van der Waals surface area (Å²) in [6, 6.07) is -2.12. The molecule has 5 unspecified atom stereocenters. The molecule has 2 aliphatic carbocycles. The Morgan fingerprint density at radius 3 is 2.52 bits per heavy atom. The second kappa shape index (κ2) is 15.7. The van der Waals surface area contributed by atoms with E-state index in [1.165, 1.54) is 4.90 Å². The largest absolute Gasteiger partial charge is 0.479 e. The number of ether oxygens (including phenoxy) is 2. The second-order valence-electron chi connectivity index (χ2n) is 15.1. The van der Waals surface area contributed by atoms with Crippen molar-refractivity contribution in [2.24, 2.45) is 11.8 Å². The number of carbonyl (C=O) groups is 4. The molecule has 14 nitrogen and oxygen atoms in total. The number of nitrogens with one attached hydrogen (secondary N) is 5. The van der Waals surface area contributed by atoms with Crippen LogP contribution in [0.4, 0.5) is 4.79 Å². The van der Waals surface area contributed by atoms with Gasteiger partial charge in [-0.25, -0.2) is 20.4 Å². The van der Waals surface area contributed by atoms with Crippen LogP contribution in [0.3, 0.4) is 0 Å². The van der Waals surface area contributed by atoms with Gasteiger partial charge in [0.25, 0.3) is 0 Å². The van der Waals surface area contributed by atoms with Crippen LogP contribution in [0.5, 0.6) is 0 Å². The Balaban J connectivity index is 1.32. The van der Waals surface area contributed by atoms with Crippen molar-refractivity contribution in [2.75, 3.05) is 13.2 Å². The Hall–Kier alpha value is -2.30. The summed E-state index contributed by atoms with van der Waals surface area (Å²) in [5.41, 5.74) is 8.01. The summed E-state index contributed by atoms with van der Waals surface area (Å²) >= 11 is 3.80. The van der Waals surface area contributed by atoms with Gasteiger partial charge in [0.1, 0.15) is 23.2 Å². The van der Waals surface area contributed by atoms with E-state index in [1.807, 2.05) is 5.12 Å². The molecule has 9 atom stereocenters. The van der Waals surface area contributed by atoms with Crippen molar-refractivity contribution in [1.82, 2.24) is 37.0 Å². The van der Waals surface area contributed by atoms with Crippen molar-refractivity contribution in [2.45, 2.75) is 144 Å². The number of carboxylic acid groups (broad SMARTS) is 1. The lowest BCUT2D eigenvalue weighted by molar-refractivity contribution is -0.146. The van der Waals surface area contributed by atoms with Crippen LogP contribution in [0, 0.1) is 11.8 Å². The molecular formula is C33H54BrN7O7. The Morgan fingerprint density at radius 2 is 1.83 bits per heavy atom. The highest BCUT2D eigenvalue weighted by atomic mass is 79.9. The Kier molecular flexibility index (Phi) is 12.1. The first kappa shape index (κ1) is 37.0. The lowest BCUT2D eigenvalue weighted by Gasteiger charge is -2.35. The first-order valence-corrected chi connectivity index (χ1v) is 18.5. The van der Waals surface area contributed by atoms with E-state index < -0.39 is 41.2 Å². The third kappa shape index (κ3) is 8.88. The monoisotopic (exact) mass is 739 g/mol. The lowest BCUT2D eigenvalue weighted by atomic mass is 9.85. The van der Waals surface area contributed by atoms with E-state index in [0.29, 0.717) is 19.4 Å². The standard InChI is InChI=1S/C33H54BrN7O7/c1-5-15-47-26-14-13-20(16-23(26)34)27-37-39-41(38-27)22-17-25-28(42)36-33(30(44)45)18-21(33)11-9-7-6-8-10-12-24(29(43)40(25)19-22)35-31(46)48-32(2,3)4/h5,20-27,37-39H,1,6-19H2,2-4H3,(H,35,46)(H,36,42)(H,44,45)/t20?,21-,22?,23?,24-,25+,26?,27?,33+/m1/s1. The van der Waals surface area contributed by atoms with Gasteiger partial charge in [0.05, 0.1) is 24.9 Å². The molecule has 0 radical (unpaired) electrons. The zero-order valence-electron chi connectivity index (χ0n) is 28.5. The normalized spacial score (nSPS) is 37.0. The molecule has 3 amide bonds. The van der Waals surface area contributed by atoms with Crippen LogP contribution >= 0.6 is 15.9 Å². The molecule has 0 spiro atoms. The average molecular weight is 741 g/mol. The Morgan fingerprint density at radius 1 is 1.10 bits per heavy atom. The van der Waals surface area contributed by atoms with Crippen LogP contribution in [0.2, 0.25) is 0 Å². The SMILES string of the molecule is C=CCOC1CCC(C2NNN(C3C[C@H]4C(=O)N[C@@]5(C(=O)O)C[C@H]5CCCCCCC[C@@H](NC(=O)OC(C)(C)C)C(=O)N4C3)N2)CC1Br. The van der Waals surface area contributed by atoms with Gasteiger partial charge in [-0.1, -0.05) is 54.1 Å². The number of fused-ring (bicyclic) bond motifs is 2. The molecule has 0 aromatic heterocycles. The van der Waals surface area contributed by atoms with Crippen LogP contribution in [0.15, 0.2) is 12.7 Å². The van der Waals surface area contributed by atoms with Crippen molar-refractivity contribution in [3.63, 3.8) is 0 Å². The predicted octanol–water partition coefficient (Wildman–Crippen LogP) is 2.84. The molecule has 48 heavy (non-hydrogen) atoms. The van der Waals surface area contributed by atoms with Crippen LogP contribution in [0.25, 0.3) is 0 Å². The fourth-order valence-electron chi connectivity index (χ4n) is 7.69. The Labute approximate surface area is 291 Å². The van der Waals surface area contributed by atoms with Gasteiger partial charge in [0.15, 0.2) is 0 Å². The predicted molar refractivity (Wildman–Crippen MR) is 181 cm³/mol. The average Bonchev–Trinajstić information content (AvgIpc) is 3.32. The molecule has 5 rings (SSSR count). The smallest absolute Gasteiger partial charge is 0.408 e. The molecule has 5 aliphatic rings. The number of alkyl carbamates (subject to hydrolysis) is 1. The first-order chi connectivity index (χ1) is 22.8. The van der Waals surface area contributed by atoms with Crippen molar-refractivity contribution < 1.29 is 33.8 Å². The van der Waals surface area contributed by atoms with Gasteiger partial charge in [-0.05, 0) is 77.6 Å². The van der Waals surface area contributed by atoms with Crippen LogP contribution < -0.4 is 27.0 Å². The minimum absolute atomic E-state index is 0.0861. The molecule has 0 bridgehead atoms. The summed E-state index contributed by atoms with van der Waals surface area (Å²) in [7, 11) is 0. The number of amides is 3. The fourth-order valence-corrected chi connectivity index (χ4v) is 8.59. The highest BCUT2D eigenvalue weighted by Gasteiger charge is 2.62. The number of alkyl halides is 1. The number of hydrogen-bond acceptors (Lipinski definition) is 10. The van der Waals surface area contributed by atoms with Crippen molar-refractivity contribution in [1.29, 1.82) is 0 Å². The van der Waals surface area contributed by atoms with Crippen molar-refractivity contribution in [3.05, 3.63) is 12.7 Å². The summed E-state index contributed by atoms with van der Waals surface area (Å²) in [6.45, 7) is 9.74. The van der Waals surface area contributed by atoms with Gasteiger partial charge < -0.3 is 30.1 Å². The van der Waals surface area contributed by atoms with E-state index in [0.717, 1.165) is 57.8 Å². The summed E-state index contributed by atoms with van der Waals surface area (Å²) in [5, 5.41) is 17.7. The van der Waals surface area contributed by atoms with Gasteiger partial charge >= 0.3 is 12.1 Å². The third-order valence-electron chi connectivity index (χ3n) is 10.4. The lowest BCUT2D eigenvalue weighted by Crippen LogP contribution is -2.56. The first-order valence-electron chi connectivity index (χ1n) is 17.6. The summed E-state index contributed by atoms with van der Waals surface area (Å²) in [4.78, 5) is 55.3. The van der Waals surface area contributed by atoms with E-state index in [2.05, 4.69) is 49.5 Å². The maximum atomic E-state index is 14.3. The zero-order valence-corrected chi connectivity index (χ0v) is 30.1. The van der Waals surface area contributed by atoms with Crippen LogP contribution in [-0.2, 0) is 23.9 Å². The number of rotatable bonds is 7. The highest BCUT2D eigenvalue weighted by molar-refractivity contribution is 9.09. The van der Waals surface area contributed by atoms with Gasteiger partial charge in [-0.3, -0.25) is 9.59 Å². The number of hydrazine groups is 3. The summed E-state index contributed by atoms with van der Waals surface area (Å²) in [6.07, 6.45) is 10.0. The van der Waals surface area contributed by atoms with Gasteiger partial charge in [-0.15, -0.1) is 6.58 Å². The number of carbonyl (C=O) groups excluding carboxylic acids is 3. The number of hydrogen-bond donors (Lipinski definition) is 6.